The van der Waals surface area contributed by atoms with Crippen molar-refractivity contribution in [2.24, 2.45) is 22.6 Å². The van der Waals surface area contributed by atoms with Gasteiger partial charge in [0.1, 0.15) is 5.82 Å². The molecule has 29 heavy (non-hydrogen) atoms. The maximum atomic E-state index is 11.2. The maximum absolute atomic E-state index is 11.2. The summed E-state index contributed by atoms with van der Waals surface area (Å²) in [7, 11) is 1.81. The van der Waals surface area contributed by atoms with Crippen LogP contribution in [0.3, 0.4) is 0 Å². The number of primary amides is 1. The Bertz CT molecular complexity index is 665. The molecule has 1 fully saturated rings. The highest BCUT2D eigenvalue weighted by atomic mass is 127. The molecule has 1 amide bonds. The molecule has 0 saturated carbocycles. The Morgan fingerprint density at radius 2 is 2.17 bits per heavy atom. The van der Waals surface area contributed by atoms with Crippen molar-refractivity contribution in [1.82, 2.24) is 25.0 Å². The second kappa shape index (κ2) is 13.3. The maximum Gasteiger partial charge on any atom is 0.217 e. The molecule has 2 rings (SSSR count). The molecule has 1 unspecified atom stereocenters. The largest absolute Gasteiger partial charge is 0.370 e. The lowest BCUT2D eigenvalue weighted by Crippen LogP contribution is -2.47. The van der Waals surface area contributed by atoms with Crippen molar-refractivity contribution in [2.45, 2.75) is 57.7 Å². The zero-order valence-corrected chi connectivity index (χ0v) is 21.2. The number of aryl methyl sites for hydroxylation is 1. The highest BCUT2D eigenvalue weighted by Crippen LogP contribution is 2.19. The molecule has 1 saturated heterocycles. The predicted octanol–water partition coefficient (Wildman–Crippen LogP) is 2.37. The van der Waals surface area contributed by atoms with E-state index in [4.69, 9.17) is 5.73 Å². The molecule has 8 nitrogen and oxygen atoms in total. The van der Waals surface area contributed by atoms with Crippen LogP contribution in [0.2, 0.25) is 0 Å². The van der Waals surface area contributed by atoms with Gasteiger partial charge in [0.15, 0.2) is 11.1 Å². The first-order valence-electron chi connectivity index (χ1n) is 10.1. The van der Waals surface area contributed by atoms with Crippen molar-refractivity contribution in [2.75, 3.05) is 32.9 Å². The van der Waals surface area contributed by atoms with E-state index in [0.29, 0.717) is 18.3 Å². The number of nitrogens with one attached hydrogen (secondary N) is 1. The number of aliphatic imine (C=N–C) groups is 1. The van der Waals surface area contributed by atoms with Gasteiger partial charge in [0.25, 0.3) is 0 Å². The quantitative estimate of drug-likeness (QED) is 0.165. The van der Waals surface area contributed by atoms with Crippen LogP contribution in [-0.2, 0) is 17.8 Å². The van der Waals surface area contributed by atoms with Crippen LogP contribution in [0.4, 0.5) is 0 Å². The Balaban J connectivity index is 0.00000420. The van der Waals surface area contributed by atoms with Crippen molar-refractivity contribution in [3.8, 4) is 0 Å². The fourth-order valence-electron chi connectivity index (χ4n) is 3.69. The van der Waals surface area contributed by atoms with Crippen molar-refractivity contribution in [3.05, 3.63) is 5.82 Å². The van der Waals surface area contributed by atoms with Crippen LogP contribution >= 0.6 is 35.7 Å². The minimum atomic E-state index is -0.218. The third kappa shape index (κ3) is 8.31. The zero-order chi connectivity index (χ0) is 20.5. The van der Waals surface area contributed by atoms with Crippen molar-refractivity contribution in [1.29, 1.82) is 0 Å². The monoisotopic (exact) mass is 537 g/mol. The van der Waals surface area contributed by atoms with Gasteiger partial charge in [0, 0.05) is 46.1 Å². The van der Waals surface area contributed by atoms with Gasteiger partial charge in [-0.05, 0) is 37.4 Å². The average Bonchev–Trinajstić information content (AvgIpc) is 3.02. The molecule has 1 aliphatic rings. The van der Waals surface area contributed by atoms with Crippen LogP contribution in [-0.4, -0.2) is 64.5 Å². The molecule has 166 valence electrons. The van der Waals surface area contributed by atoms with E-state index in [9.17, 15) is 4.79 Å². The Labute approximate surface area is 195 Å². The second-order valence-corrected chi connectivity index (χ2v) is 8.58. The first kappa shape index (κ1) is 26.0. The molecule has 1 atom stereocenters. The number of thioether (sulfide) groups is 1. The summed E-state index contributed by atoms with van der Waals surface area (Å²) in [6.45, 7) is 8.00. The molecule has 0 radical (unpaired) electrons. The molecule has 2 heterocycles. The number of rotatable bonds is 9. The first-order valence-corrected chi connectivity index (χ1v) is 11.4. The van der Waals surface area contributed by atoms with E-state index in [-0.39, 0.29) is 29.9 Å². The van der Waals surface area contributed by atoms with Crippen LogP contribution in [0.1, 0.15) is 45.4 Å². The van der Waals surface area contributed by atoms with E-state index in [1.165, 1.54) is 0 Å². The normalized spacial score (nSPS) is 17.3. The molecular formula is C19H36IN7OS. The lowest BCUT2D eigenvalue weighted by Gasteiger charge is -2.34. The number of amides is 1. The van der Waals surface area contributed by atoms with Crippen LogP contribution < -0.4 is 11.1 Å². The third-order valence-corrected chi connectivity index (χ3v) is 5.57. The minimum absolute atomic E-state index is 0. The summed E-state index contributed by atoms with van der Waals surface area (Å²) in [5, 5.41) is 13.1. The highest BCUT2D eigenvalue weighted by Gasteiger charge is 2.23. The van der Waals surface area contributed by atoms with E-state index < -0.39 is 0 Å². The summed E-state index contributed by atoms with van der Waals surface area (Å²) in [5.74, 6) is 2.62. The number of hydrogen-bond acceptors (Lipinski definition) is 5. The van der Waals surface area contributed by atoms with Crippen LogP contribution in [0, 0.1) is 11.8 Å². The number of piperidine rings is 1. The summed E-state index contributed by atoms with van der Waals surface area (Å²) in [5.41, 5.74) is 5.37. The van der Waals surface area contributed by atoms with E-state index in [2.05, 4.69) is 43.8 Å². The van der Waals surface area contributed by atoms with E-state index in [1.54, 1.807) is 11.8 Å². The van der Waals surface area contributed by atoms with Crippen LogP contribution in [0.15, 0.2) is 10.1 Å². The van der Waals surface area contributed by atoms with E-state index in [1.807, 2.05) is 13.3 Å². The molecule has 0 spiro atoms. The molecule has 10 heteroatoms. The minimum Gasteiger partial charge on any atom is -0.370 e. The Kier molecular flexibility index (Phi) is 11.9. The number of carbonyl (C=O) groups is 1. The lowest BCUT2D eigenvalue weighted by atomic mass is 9.95. The summed E-state index contributed by atoms with van der Waals surface area (Å²) < 4.78 is 2.24. The number of guanidine groups is 1. The summed E-state index contributed by atoms with van der Waals surface area (Å²) in [4.78, 5) is 17.9. The number of carbonyl (C=O) groups excluding carboxylic acids is 1. The molecule has 0 bridgehead atoms. The average molecular weight is 538 g/mol. The zero-order valence-electron chi connectivity index (χ0n) is 18.1. The van der Waals surface area contributed by atoms with Crippen molar-refractivity contribution in [3.63, 3.8) is 0 Å². The predicted molar refractivity (Wildman–Crippen MR) is 130 cm³/mol. The van der Waals surface area contributed by atoms with Gasteiger partial charge in [-0.3, -0.25) is 9.79 Å². The molecule has 0 aliphatic carbocycles. The van der Waals surface area contributed by atoms with Crippen LogP contribution in [0.5, 0.6) is 0 Å². The smallest absolute Gasteiger partial charge is 0.217 e. The summed E-state index contributed by atoms with van der Waals surface area (Å²) in [6, 6.07) is 0. The molecule has 0 aromatic carbocycles. The number of likely N-dealkylation sites (tertiary alicyclic amines) is 1. The van der Waals surface area contributed by atoms with Crippen molar-refractivity contribution < 1.29 is 4.79 Å². The highest BCUT2D eigenvalue weighted by molar-refractivity contribution is 14.0. The third-order valence-electron chi connectivity index (χ3n) is 4.90. The Hall–Kier alpha value is -1.04. The number of halogens is 1. The topological polar surface area (TPSA) is 101 Å². The van der Waals surface area contributed by atoms with E-state index in [0.717, 1.165) is 68.8 Å². The van der Waals surface area contributed by atoms with Gasteiger partial charge in [0.05, 0.1) is 0 Å². The summed E-state index contributed by atoms with van der Waals surface area (Å²) in [6.07, 6.45) is 6.46. The first-order chi connectivity index (χ1) is 13.4. The van der Waals surface area contributed by atoms with Gasteiger partial charge in [-0.25, -0.2) is 0 Å². The second-order valence-electron chi connectivity index (χ2n) is 7.81. The molecular weight excluding hydrogens is 501 g/mol. The van der Waals surface area contributed by atoms with Gasteiger partial charge < -0.3 is 20.5 Å². The van der Waals surface area contributed by atoms with Gasteiger partial charge in [-0.1, -0.05) is 25.6 Å². The van der Waals surface area contributed by atoms with Gasteiger partial charge in [0.2, 0.25) is 5.91 Å². The van der Waals surface area contributed by atoms with Gasteiger partial charge in [-0.2, -0.15) is 0 Å². The van der Waals surface area contributed by atoms with Gasteiger partial charge in [-0.15, -0.1) is 34.2 Å². The Morgan fingerprint density at radius 3 is 2.79 bits per heavy atom. The van der Waals surface area contributed by atoms with E-state index >= 15 is 0 Å². The number of nitrogens with zero attached hydrogens (tertiary/aromatic N) is 5. The van der Waals surface area contributed by atoms with Crippen LogP contribution in [0.25, 0.3) is 0 Å². The Morgan fingerprint density at radius 1 is 1.41 bits per heavy atom. The molecule has 1 aliphatic heterocycles. The standard InChI is InChI=1S/C19H35N7OS.HI/c1-14(2)12-26-17(23-24-19(26)28-4)8-5-9-22-18(21-3)25-10-6-7-15(13-25)11-16(20)27;/h14-15H,5-13H2,1-4H3,(H2,20,27)(H,21,22);1H. The molecule has 1 aromatic heterocycles. The number of hydrogen-bond donors (Lipinski definition) is 2. The fraction of sp³-hybridized carbons (Fsp3) is 0.789. The lowest BCUT2D eigenvalue weighted by molar-refractivity contribution is -0.119. The fourth-order valence-corrected chi connectivity index (χ4v) is 4.21. The summed E-state index contributed by atoms with van der Waals surface area (Å²) >= 11 is 1.64. The SMILES string of the molecule is CN=C(NCCCc1nnc(SC)n1CC(C)C)N1CCCC(CC(N)=O)C1.I. The number of aromatic nitrogens is 3. The van der Waals surface area contributed by atoms with Crippen molar-refractivity contribution >= 4 is 47.6 Å². The molecule has 1 aromatic rings. The van der Waals surface area contributed by atoms with Gasteiger partial charge >= 0.3 is 0 Å². The molecule has 3 N–H and O–H groups in total. The number of nitrogens with two attached hydrogens (primary N) is 1.